The smallest absolute Gasteiger partial charge is 0.170 e. The van der Waals surface area contributed by atoms with E-state index in [1.165, 1.54) is 12.0 Å². The highest BCUT2D eigenvalue weighted by atomic mass is 16.6. The first-order valence-corrected chi connectivity index (χ1v) is 14.2. The van der Waals surface area contributed by atoms with Crippen molar-refractivity contribution in [2.45, 2.75) is 123 Å². The molecule has 0 amide bonds. The second kappa shape index (κ2) is 7.14. The number of ether oxygens (including phenoxy) is 2. The first-order chi connectivity index (χ1) is 16.1. The number of hydrogen-bond donors (Lipinski definition) is 3. The summed E-state index contributed by atoms with van der Waals surface area (Å²) in [6.07, 6.45) is 7.99. The van der Waals surface area contributed by atoms with Gasteiger partial charge in [0.25, 0.3) is 0 Å². The molecule has 2 bridgehead atoms. The molecule has 3 aliphatic heterocycles. The Morgan fingerprint density at radius 2 is 1.63 bits per heavy atom. The Morgan fingerprint density at radius 1 is 0.971 bits per heavy atom. The van der Waals surface area contributed by atoms with Gasteiger partial charge in [-0.25, -0.2) is 0 Å². The van der Waals surface area contributed by atoms with Crippen LogP contribution < -0.4 is 0 Å². The average molecular weight is 489 g/mol. The lowest BCUT2D eigenvalue weighted by atomic mass is 9.33. The van der Waals surface area contributed by atoms with Gasteiger partial charge < -0.3 is 24.8 Å². The predicted molar refractivity (Wildman–Crippen MR) is 134 cm³/mol. The lowest BCUT2D eigenvalue weighted by molar-refractivity contribution is -0.404. The van der Waals surface area contributed by atoms with Gasteiger partial charge in [0.05, 0.1) is 18.3 Å². The van der Waals surface area contributed by atoms with Gasteiger partial charge in [0, 0.05) is 17.3 Å². The zero-order valence-corrected chi connectivity index (χ0v) is 22.9. The lowest BCUT2D eigenvalue weighted by Gasteiger charge is -2.74. The van der Waals surface area contributed by atoms with Crippen molar-refractivity contribution in [2.24, 2.45) is 45.3 Å². The van der Waals surface area contributed by atoms with Gasteiger partial charge in [0.15, 0.2) is 5.79 Å². The van der Waals surface area contributed by atoms with Crippen molar-refractivity contribution in [3.05, 3.63) is 11.6 Å². The number of aliphatic hydroxyl groups is 3. The van der Waals surface area contributed by atoms with Crippen LogP contribution in [0.1, 0.15) is 93.4 Å². The van der Waals surface area contributed by atoms with E-state index in [1.54, 1.807) is 0 Å². The van der Waals surface area contributed by atoms with Crippen molar-refractivity contribution in [3.63, 3.8) is 0 Å². The normalized spacial score (nSPS) is 56.7. The minimum absolute atomic E-state index is 0.0350. The van der Waals surface area contributed by atoms with Gasteiger partial charge in [0.2, 0.25) is 0 Å². The van der Waals surface area contributed by atoms with Crippen molar-refractivity contribution < 1.29 is 24.8 Å². The molecule has 3 saturated heterocycles. The highest BCUT2D eigenvalue weighted by molar-refractivity contribution is 5.25. The summed E-state index contributed by atoms with van der Waals surface area (Å²) in [6.45, 7) is 16.2. The maximum atomic E-state index is 12.0. The summed E-state index contributed by atoms with van der Waals surface area (Å²) in [5, 5.41) is 34.1. The van der Waals surface area contributed by atoms with E-state index < -0.39 is 11.9 Å². The molecule has 7 fully saturated rings. The Hall–Kier alpha value is -0.460. The average Bonchev–Trinajstić information content (AvgIpc) is 3.27. The molecular formula is C30H48O5. The van der Waals surface area contributed by atoms with Crippen molar-refractivity contribution in [2.75, 3.05) is 6.61 Å². The van der Waals surface area contributed by atoms with Gasteiger partial charge in [-0.05, 0) is 93.8 Å². The van der Waals surface area contributed by atoms with Crippen LogP contribution in [0, 0.1) is 45.3 Å². The molecular weight excluding hydrogens is 440 g/mol. The summed E-state index contributed by atoms with van der Waals surface area (Å²) in [4.78, 5) is 0. The van der Waals surface area contributed by atoms with Gasteiger partial charge >= 0.3 is 0 Å². The van der Waals surface area contributed by atoms with Crippen LogP contribution >= 0.6 is 0 Å². The van der Waals surface area contributed by atoms with E-state index in [0.717, 1.165) is 32.1 Å². The molecule has 0 aromatic carbocycles. The van der Waals surface area contributed by atoms with E-state index in [0.29, 0.717) is 30.8 Å². The summed E-state index contributed by atoms with van der Waals surface area (Å²) in [7, 11) is 0. The van der Waals surface area contributed by atoms with Crippen molar-refractivity contribution in [1.29, 1.82) is 0 Å². The Balaban J connectivity index is 1.33. The van der Waals surface area contributed by atoms with E-state index in [-0.39, 0.29) is 45.4 Å². The molecule has 7 rings (SSSR count). The number of aliphatic hydroxyl groups excluding tert-OH is 2. The Kier molecular flexibility index (Phi) is 5.07. The van der Waals surface area contributed by atoms with Crippen molar-refractivity contribution in [3.8, 4) is 0 Å². The van der Waals surface area contributed by atoms with Gasteiger partial charge in [-0.15, -0.1) is 0 Å². The third-order valence-corrected chi connectivity index (χ3v) is 13.2. The molecule has 11 atom stereocenters. The quantitative estimate of drug-likeness (QED) is 0.392. The van der Waals surface area contributed by atoms with Gasteiger partial charge in [-0.3, -0.25) is 0 Å². The van der Waals surface area contributed by atoms with E-state index >= 15 is 0 Å². The Labute approximate surface area is 211 Å². The fourth-order valence-electron chi connectivity index (χ4n) is 11.0. The Bertz CT molecular complexity index is 929. The molecule has 3 heterocycles. The summed E-state index contributed by atoms with van der Waals surface area (Å²) < 4.78 is 12.0. The predicted octanol–water partition coefficient (Wildman–Crippen LogP) is 4.83. The van der Waals surface area contributed by atoms with Crippen molar-refractivity contribution >= 4 is 0 Å². The molecule has 1 spiro atoms. The molecule has 5 nitrogen and oxygen atoms in total. The van der Waals surface area contributed by atoms with E-state index in [4.69, 9.17) is 9.47 Å². The second-order valence-electron chi connectivity index (χ2n) is 15.0. The fourth-order valence-corrected chi connectivity index (χ4v) is 11.0. The van der Waals surface area contributed by atoms with Crippen LogP contribution in [0.15, 0.2) is 11.6 Å². The molecule has 5 unspecified atom stereocenters. The van der Waals surface area contributed by atoms with Gasteiger partial charge in [0.1, 0.15) is 12.2 Å². The number of hydrogen-bond acceptors (Lipinski definition) is 5. The molecule has 5 heteroatoms. The van der Waals surface area contributed by atoms with Crippen LogP contribution in [0.5, 0.6) is 0 Å². The topological polar surface area (TPSA) is 82.5 Å². The number of epoxide rings is 1. The molecule has 35 heavy (non-hydrogen) atoms. The summed E-state index contributed by atoms with van der Waals surface area (Å²) in [5.74, 6) is 0.371. The van der Waals surface area contributed by atoms with Crippen LogP contribution in [-0.4, -0.2) is 51.6 Å². The summed E-state index contributed by atoms with van der Waals surface area (Å²) in [6, 6.07) is 0. The van der Waals surface area contributed by atoms with Crippen LogP contribution in [0.3, 0.4) is 0 Å². The highest BCUT2D eigenvalue weighted by Crippen LogP contribution is 2.77. The second-order valence-corrected chi connectivity index (χ2v) is 15.0. The van der Waals surface area contributed by atoms with E-state index in [9.17, 15) is 15.3 Å². The monoisotopic (exact) mass is 488 g/mol. The molecule has 7 aliphatic rings. The first kappa shape index (κ1) is 24.9. The van der Waals surface area contributed by atoms with Crippen molar-refractivity contribution in [1.82, 2.24) is 0 Å². The SMILES string of the molecule is C/C(=C\[C@H](O)C1OC1(C)C)[C@H]1CC[C@]2(C)C1CC(O)C1[C@]34CC[C@@](O)(OC3)C(C)(C)C4CC[C@]12C. The lowest BCUT2D eigenvalue weighted by Crippen LogP contribution is -2.75. The van der Waals surface area contributed by atoms with Crippen LogP contribution in [0.25, 0.3) is 0 Å². The molecule has 0 radical (unpaired) electrons. The zero-order valence-electron chi connectivity index (χ0n) is 22.9. The van der Waals surface area contributed by atoms with Crippen LogP contribution in [0.4, 0.5) is 0 Å². The standard InChI is InChI=1S/C30H48O5/c1-17(14-21(32)24-26(4,5)35-24)18-8-10-27(6)19(18)15-20(31)23-28(27,7)11-9-22-25(2,3)30(33)13-12-29(22,23)16-34-30/h14,18-24,31-33H,8-13,15-16H2,1-7H3/b17-14+/t18-,19?,20?,21+,22?,23?,24?,27-,28-,29-,30-/m1/s1. The molecule has 4 aliphatic carbocycles. The minimum Gasteiger partial charge on any atom is -0.393 e. The van der Waals surface area contributed by atoms with Gasteiger partial charge in [-0.2, -0.15) is 0 Å². The number of allylic oxidation sites excluding steroid dienone is 1. The molecule has 3 N–H and O–H groups in total. The first-order valence-electron chi connectivity index (χ1n) is 14.2. The summed E-state index contributed by atoms with van der Waals surface area (Å²) in [5.41, 5.74) is 0.863. The largest absolute Gasteiger partial charge is 0.393 e. The highest BCUT2D eigenvalue weighted by Gasteiger charge is 2.76. The van der Waals surface area contributed by atoms with Gasteiger partial charge in [-0.1, -0.05) is 39.3 Å². The van der Waals surface area contributed by atoms with Crippen LogP contribution in [-0.2, 0) is 9.47 Å². The maximum Gasteiger partial charge on any atom is 0.170 e. The molecule has 198 valence electrons. The molecule has 0 aromatic heterocycles. The molecule has 4 saturated carbocycles. The molecule has 0 aromatic rings. The van der Waals surface area contributed by atoms with Crippen LogP contribution in [0.2, 0.25) is 0 Å². The van der Waals surface area contributed by atoms with E-state index in [1.807, 2.05) is 19.9 Å². The third kappa shape index (κ3) is 2.94. The zero-order chi connectivity index (χ0) is 25.4. The Morgan fingerprint density at radius 3 is 2.23 bits per heavy atom. The minimum atomic E-state index is -1.03. The summed E-state index contributed by atoms with van der Waals surface area (Å²) >= 11 is 0. The number of fused-ring (bicyclic) bond motifs is 5. The third-order valence-electron chi connectivity index (χ3n) is 13.2. The fraction of sp³-hybridized carbons (Fsp3) is 0.933. The van der Waals surface area contributed by atoms with E-state index in [2.05, 4.69) is 34.6 Å². The maximum absolute atomic E-state index is 12.0. The number of rotatable bonds is 3.